The number of nitrogen functional groups attached to an aromatic ring is 1. The highest BCUT2D eigenvalue weighted by Crippen LogP contribution is 2.18. The maximum Gasteiger partial charge on any atom is 0.345 e. The van der Waals surface area contributed by atoms with E-state index in [9.17, 15) is 4.79 Å². The van der Waals surface area contributed by atoms with Crippen LogP contribution in [0.1, 0.15) is 21.5 Å². The fourth-order valence-electron chi connectivity index (χ4n) is 2.16. The summed E-state index contributed by atoms with van der Waals surface area (Å²) in [7, 11) is 0. The number of hydrogen-bond acceptors (Lipinski definition) is 4. The molecule has 0 amide bonds. The third kappa shape index (κ3) is 3.87. The third-order valence-electron chi connectivity index (χ3n) is 3.45. The normalized spacial score (nSPS) is 10.7. The molecule has 0 fully saturated rings. The highest BCUT2D eigenvalue weighted by atomic mass is 16.5. The molecule has 0 spiro atoms. The topological polar surface area (TPSA) is 65.2 Å². The molecule has 0 bridgehead atoms. The van der Waals surface area contributed by atoms with Crippen molar-refractivity contribution in [3.05, 3.63) is 89.7 Å². The summed E-state index contributed by atoms with van der Waals surface area (Å²) in [6, 6.07) is 18.0. The summed E-state index contributed by atoms with van der Waals surface area (Å²) >= 11 is 0. The van der Waals surface area contributed by atoms with Crippen molar-refractivity contribution < 1.29 is 9.53 Å². The van der Waals surface area contributed by atoms with Gasteiger partial charge in [-0.15, -0.1) is 0 Å². The van der Waals surface area contributed by atoms with Crippen molar-refractivity contribution in [1.29, 1.82) is 0 Å². The highest BCUT2D eigenvalue weighted by molar-refractivity contribution is 5.96. The summed E-state index contributed by atoms with van der Waals surface area (Å²) < 4.78 is 5.35. The van der Waals surface area contributed by atoms with Crippen LogP contribution in [0.2, 0.25) is 0 Å². The number of nitrogens with two attached hydrogens (primary N) is 1. The molecule has 0 saturated heterocycles. The van der Waals surface area contributed by atoms with E-state index in [1.165, 1.54) is 0 Å². The van der Waals surface area contributed by atoms with Crippen LogP contribution in [0.3, 0.4) is 0 Å². The van der Waals surface area contributed by atoms with Crippen LogP contribution in [0.5, 0.6) is 5.75 Å². The Labute approximate surface area is 140 Å². The van der Waals surface area contributed by atoms with Crippen molar-refractivity contribution in [2.75, 3.05) is 5.73 Å². The number of nitrogens with zero attached hydrogens (tertiary/aromatic N) is 1. The number of aromatic nitrogens is 1. The Kier molecular flexibility index (Phi) is 4.68. The van der Waals surface area contributed by atoms with Crippen LogP contribution < -0.4 is 10.5 Å². The van der Waals surface area contributed by atoms with E-state index in [0.29, 0.717) is 17.0 Å². The third-order valence-corrected chi connectivity index (χ3v) is 3.45. The maximum absolute atomic E-state index is 12.1. The maximum atomic E-state index is 12.1. The monoisotopic (exact) mass is 316 g/mol. The van der Waals surface area contributed by atoms with Gasteiger partial charge in [0.05, 0.1) is 5.56 Å². The van der Waals surface area contributed by atoms with Crippen LogP contribution >= 0.6 is 0 Å². The van der Waals surface area contributed by atoms with Gasteiger partial charge in [-0.25, -0.2) is 4.79 Å². The van der Waals surface area contributed by atoms with E-state index in [0.717, 1.165) is 11.1 Å². The van der Waals surface area contributed by atoms with Gasteiger partial charge < -0.3 is 10.5 Å². The first-order chi connectivity index (χ1) is 11.7. The van der Waals surface area contributed by atoms with Gasteiger partial charge >= 0.3 is 5.97 Å². The molecular formula is C20H16N2O2. The lowest BCUT2D eigenvalue weighted by Crippen LogP contribution is -2.10. The van der Waals surface area contributed by atoms with E-state index in [4.69, 9.17) is 10.5 Å². The van der Waals surface area contributed by atoms with Crippen molar-refractivity contribution in [2.45, 2.75) is 0 Å². The lowest BCUT2D eigenvalue weighted by Gasteiger charge is -2.06. The first-order valence-electron chi connectivity index (χ1n) is 7.47. The van der Waals surface area contributed by atoms with E-state index >= 15 is 0 Å². The molecule has 2 aromatic carbocycles. The number of hydrogen-bond donors (Lipinski definition) is 1. The summed E-state index contributed by atoms with van der Waals surface area (Å²) in [5.74, 6) is 0.0116. The number of carbonyl (C=O) groups excluding carboxylic acids is 1. The Bertz CT molecular complexity index is 856. The van der Waals surface area contributed by atoms with Crippen LogP contribution in [0, 0.1) is 0 Å². The zero-order valence-electron chi connectivity index (χ0n) is 12.9. The minimum Gasteiger partial charge on any atom is -0.423 e. The standard InChI is InChI=1S/C20H16N2O2/c21-19-4-2-1-3-18(19)20(23)24-17-9-7-15(8-10-17)5-6-16-11-13-22-14-12-16/h1-14H,21H2. The van der Waals surface area contributed by atoms with Crippen molar-refractivity contribution in [2.24, 2.45) is 0 Å². The van der Waals surface area contributed by atoms with Crippen LogP contribution in [0.15, 0.2) is 73.1 Å². The molecule has 4 nitrogen and oxygen atoms in total. The molecule has 0 aliphatic carbocycles. The van der Waals surface area contributed by atoms with Gasteiger partial charge in [0.25, 0.3) is 0 Å². The van der Waals surface area contributed by atoms with E-state index < -0.39 is 5.97 Å². The van der Waals surface area contributed by atoms with E-state index in [2.05, 4.69) is 4.98 Å². The summed E-state index contributed by atoms with van der Waals surface area (Å²) in [6.07, 6.45) is 7.47. The number of benzene rings is 2. The van der Waals surface area contributed by atoms with Crippen LogP contribution in [-0.2, 0) is 0 Å². The Morgan fingerprint density at radius 1 is 0.875 bits per heavy atom. The summed E-state index contributed by atoms with van der Waals surface area (Å²) in [4.78, 5) is 16.1. The molecule has 0 saturated carbocycles. The molecule has 3 rings (SSSR count). The summed E-state index contributed by atoms with van der Waals surface area (Å²) in [5.41, 5.74) is 8.62. The first-order valence-corrected chi connectivity index (χ1v) is 7.47. The van der Waals surface area contributed by atoms with Gasteiger partial charge in [0.15, 0.2) is 0 Å². The van der Waals surface area contributed by atoms with Gasteiger partial charge in [-0.05, 0) is 47.5 Å². The average molecular weight is 316 g/mol. The van der Waals surface area contributed by atoms with Crippen molar-refractivity contribution in [3.8, 4) is 5.75 Å². The van der Waals surface area contributed by atoms with Gasteiger partial charge in [-0.2, -0.15) is 0 Å². The minimum absolute atomic E-state index is 0.360. The van der Waals surface area contributed by atoms with Crippen molar-refractivity contribution in [3.63, 3.8) is 0 Å². The number of carbonyl (C=O) groups is 1. The number of esters is 1. The molecule has 1 aromatic heterocycles. The molecule has 0 radical (unpaired) electrons. The predicted molar refractivity (Wildman–Crippen MR) is 95.4 cm³/mol. The molecule has 4 heteroatoms. The largest absolute Gasteiger partial charge is 0.423 e. The van der Waals surface area contributed by atoms with Gasteiger partial charge in [0.2, 0.25) is 0 Å². The smallest absolute Gasteiger partial charge is 0.345 e. The number of pyridine rings is 1. The van der Waals surface area contributed by atoms with Crippen molar-refractivity contribution >= 4 is 23.8 Å². The molecule has 2 N–H and O–H groups in total. The second kappa shape index (κ2) is 7.24. The SMILES string of the molecule is Nc1ccccc1C(=O)Oc1ccc(C=Cc2ccncc2)cc1. The number of ether oxygens (including phenoxy) is 1. The summed E-state index contributed by atoms with van der Waals surface area (Å²) in [5, 5.41) is 0. The molecule has 0 unspecified atom stereocenters. The molecule has 118 valence electrons. The molecule has 0 aliphatic rings. The predicted octanol–water partition coefficient (Wildman–Crippen LogP) is 4.05. The Morgan fingerprint density at radius 3 is 2.17 bits per heavy atom. The lowest BCUT2D eigenvalue weighted by molar-refractivity contribution is 0.0736. The molecule has 0 atom stereocenters. The van der Waals surface area contributed by atoms with Gasteiger partial charge in [0.1, 0.15) is 5.75 Å². The van der Waals surface area contributed by atoms with Crippen LogP contribution in [0.4, 0.5) is 5.69 Å². The number of anilines is 1. The fourth-order valence-corrected chi connectivity index (χ4v) is 2.16. The second-order valence-corrected chi connectivity index (χ2v) is 5.16. The van der Waals surface area contributed by atoms with Gasteiger partial charge in [-0.1, -0.05) is 36.4 Å². The number of rotatable bonds is 4. The number of para-hydroxylation sites is 1. The van der Waals surface area contributed by atoms with Gasteiger partial charge in [0, 0.05) is 18.1 Å². The average Bonchev–Trinajstić information content (AvgIpc) is 2.62. The zero-order chi connectivity index (χ0) is 16.8. The Balaban J connectivity index is 1.68. The van der Waals surface area contributed by atoms with Crippen molar-refractivity contribution in [1.82, 2.24) is 4.98 Å². The lowest BCUT2D eigenvalue weighted by atomic mass is 10.1. The van der Waals surface area contributed by atoms with Crippen LogP contribution in [-0.4, -0.2) is 11.0 Å². The second-order valence-electron chi connectivity index (χ2n) is 5.16. The summed E-state index contributed by atoms with van der Waals surface area (Å²) in [6.45, 7) is 0. The molecule has 1 heterocycles. The molecule has 0 aliphatic heterocycles. The van der Waals surface area contributed by atoms with E-state index in [-0.39, 0.29) is 0 Å². The molecule has 24 heavy (non-hydrogen) atoms. The van der Waals surface area contributed by atoms with E-state index in [1.807, 2.05) is 36.4 Å². The Morgan fingerprint density at radius 2 is 1.50 bits per heavy atom. The minimum atomic E-state index is -0.465. The Hall–Kier alpha value is -3.40. The van der Waals surface area contributed by atoms with Gasteiger partial charge in [-0.3, -0.25) is 4.98 Å². The quantitative estimate of drug-likeness (QED) is 0.448. The molecular weight excluding hydrogens is 300 g/mol. The highest BCUT2D eigenvalue weighted by Gasteiger charge is 2.11. The first kappa shape index (κ1) is 15.5. The zero-order valence-corrected chi connectivity index (χ0v) is 12.9. The van der Waals surface area contributed by atoms with E-state index in [1.54, 1.807) is 48.8 Å². The fraction of sp³-hybridized carbons (Fsp3) is 0. The van der Waals surface area contributed by atoms with Crippen LogP contribution in [0.25, 0.3) is 12.2 Å². The molecule has 3 aromatic rings.